The summed E-state index contributed by atoms with van der Waals surface area (Å²) in [5, 5.41) is 9.19. The third kappa shape index (κ3) is 6.65. The summed E-state index contributed by atoms with van der Waals surface area (Å²) >= 11 is 0.417. The quantitative estimate of drug-likeness (QED) is 0.191. The van der Waals surface area contributed by atoms with Gasteiger partial charge in [-0.1, -0.05) is 36.4 Å². The van der Waals surface area contributed by atoms with E-state index < -0.39 is 58.5 Å². The summed E-state index contributed by atoms with van der Waals surface area (Å²) in [6.07, 6.45) is -8.98. The van der Waals surface area contributed by atoms with Crippen molar-refractivity contribution in [2.75, 3.05) is 0 Å². The number of benzene rings is 3. The number of hydrogen-bond acceptors (Lipinski definition) is 6. The van der Waals surface area contributed by atoms with Crippen LogP contribution in [0.3, 0.4) is 0 Å². The Hall–Kier alpha value is -4.26. The van der Waals surface area contributed by atoms with Crippen molar-refractivity contribution in [1.82, 2.24) is 4.90 Å². The van der Waals surface area contributed by atoms with Crippen LogP contribution in [0.5, 0.6) is 5.75 Å². The van der Waals surface area contributed by atoms with Crippen molar-refractivity contribution in [3.8, 4) is 5.75 Å². The number of ether oxygens (including phenoxy) is 1. The molecule has 1 N–H and O–H groups in total. The van der Waals surface area contributed by atoms with Crippen LogP contribution >= 0.6 is 11.8 Å². The number of carbonyl (C=O) groups is 3. The first kappa shape index (κ1) is 28.7. The fourth-order valence-corrected chi connectivity index (χ4v) is 4.53. The van der Waals surface area contributed by atoms with Crippen molar-refractivity contribution in [1.29, 1.82) is 0 Å². The first-order valence-electron chi connectivity index (χ1n) is 11.3. The van der Waals surface area contributed by atoms with Gasteiger partial charge in [0.05, 0.1) is 22.6 Å². The summed E-state index contributed by atoms with van der Waals surface area (Å²) < 4.78 is 84.3. The summed E-state index contributed by atoms with van der Waals surface area (Å²) in [6.45, 7) is -0.907. The Balaban J connectivity index is 1.55. The van der Waals surface area contributed by atoms with Crippen LogP contribution in [0.4, 0.5) is 31.1 Å². The number of phenols is 1. The van der Waals surface area contributed by atoms with Crippen LogP contribution in [0.1, 0.15) is 38.2 Å². The molecule has 0 aliphatic carbocycles. The van der Waals surface area contributed by atoms with Crippen LogP contribution in [0, 0.1) is 0 Å². The Kier molecular flexibility index (Phi) is 7.96. The highest BCUT2D eigenvalue weighted by atomic mass is 32.2. The predicted molar refractivity (Wildman–Crippen MR) is 132 cm³/mol. The zero-order chi connectivity index (χ0) is 29.2. The molecule has 208 valence electrons. The maximum Gasteiger partial charge on any atom is 0.416 e. The van der Waals surface area contributed by atoms with E-state index in [0.717, 1.165) is 6.07 Å². The maximum atomic E-state index is 13.2. The molecule has 1 heterocycles. The van der Waals surface area contributed by atoms with Crippen molar-refractivity contribution in [2.45, 2.75) is 25.5 Å². The molecule has 2 amide bonds. The number of thioether (sulfide) groups is 1. The fourth-order valence-electron chi connectivity index (χ4n) is 3.69. The Labute approximate surface area is 226 Å². The Morgan fingerprint density at radius 1 is 0.875 bits per heavy atom. The Morgan fingerprint density at radius 2 is 1.50 bits per heavy atom. The van der Waals surface area contributed by atoms with Crippen molar-refractivity contribution < 1.29 is 50.6 Å². The van der Waals surface area contributed by atoms with Crippen LogP contribution in [0.15, 0.2) is 71.6 Å². The highest BCUT2D eigenvalue weighted by Crippen LogP contribution is 2.38. The van der Waals surface area contributed by atoms with E-state index in [1.165, 1.54) is 18.2 Å². The minimum atomic E-state index is -5.09. The average Bonchev–Trinajstić information content (AvgIpc) is 3.15. The minimum Gasteiger partial charge on any atom is -0.507 e. The Morgan fingerprint density at radius 3 is 2.10 bits per heavy atom. The maximum absolute atomic E-state index is 13.2. The SMILES string of the molecule is O=C(OCc1ccccc1)c1cc(C=C2SC(=O)N(Cc3cc(C(F)(F)F)cc(C(F)(F)F)c3)C2=O)ccc1O. The van der Waals surface area contributed by atoms with Crippen LogP contribution in [-0.4, -0.2) is 27.1 Å². The van der Waals surface area contributed by atoms with Gasteiger partial charge in [-0.3, -0.25) is 14.5 Å². The highest BCUT2D eigenvalue weighted by Gasteiger charge is 2.39. The zero-order valence-electron chi connectivity index (χ0n) is 20.0. The highest BCUT2D eigenvalue weighted by molar-refractivity contribution is 8.18. The molecule has 0 aromatic heterocycles. The van der Waals surface area contributed by atoms with Crippen LogP contribution in [-0.2, 0) is 35.0 Å². The van der Waals surface area contributed by atoms with E-state index in [2.05, 4.69) is 0 Å². The van der Waals surface area contributed by atoms with Gasteiger partial charge in [-0.15, -0.1) is 0 Å². The predicted octanol–water partition coefficient (Wildman–Crippen LogP) is 7.02. The molecule has 4 rings (SSSR count). The molecular weight excluding hydrogens is 564 g/mol. The van der Waals surface area contributed by atoms with Gasteiger partial charge in [-0.05, 0) is 64.9 Å². The molecular formula is C27H17F6NO5S. The van der Waals surface area contributed by atoms with E-state index in [1.807, 2.05) is 0 Å². The third-order valence-corrected chi connectivity index (χ3v) is 6.52. The number of imide groups is 1. The molecule has 40 heavy (non-hydrogen) atoms. The van der Waals surface area contributed by atoms with Gasteiger partial charge in [0, 0.05) is 0 Å². The molecule has 0 spiro atoms. The van der Waals surface area contributed by atoms with Gasteiger partial charge in [0.15, 0.2) is 0 Å². The van der Waals surface area contributed by atoms with Gasteiger partial charge >= 0.3 is 18.3 Å². The second-order valence-corrected chi connectivity index (χ2v) is 9.51. The number of halogens is 6. The number of nitrogens with zero attached hydrogens (tertiary/aromatic N) is 1. The molecule has 1 fully saturated rings. The first-order valence-corrected chi connectivity index (χ1v) is 12.1. The van der Waals surface area contributed by atoms with Gasteiger partial charge in [0.2, 0.25) is 0 Å². The zero-order valence-corrected chi connectivity index (χ0v) is 20.9. The smallest absolute Gasteiger partial charge is 0.416 e. The number of hydrogen-bond donors (Lipinski definition) is 1. The summed E-state index contributed by atoms with van der Waals surface area (Å²) in [5.74, 6) is -2.23. The molecule has 3 aromatic rings. The van der Waals surface area contributed by atoms with Crippen molar-refractivity contribution in [3.63, 3.8) is 0 Å². The molecule has 13 heteroatoms. The fraction of sp³-hybridized carbons (Fsp3) is 0.148. The van der Waals surface area contributed by atoms with Gasteiger partial charge in [-0.2, -0.15) is 26.3 Å². The average molecular weight is 581 g/mol. The summed E-state index contributed by atoms with van der Waals surface area (Å²) in [6, 6.07) is 13.3. The lowest BCUT2D eigenvalue weighted by Crippen LogP contribution is -2.28. The summed E-state index contributed by atoms with van der Waals surface area (Å²) in [4.78, 5) is 38.2. The molecule has 1 aliphatic rings. The lowest BCUT2D eigenvalue weighted by molar-refractivity contribution is -0.143. The van der Waals surface area contributed by atoms with E-state index >= 15 is 0 Å². The second kappa shape index (κ2) is 11.1. The van der Waals surface area contributed by atoms with E-state index in [1.54, 1.807) is 30.3 Å². The normalized spacial score (nSPS) is 15.2. The lowest BCUT2D eigenvalue weighted by atomic mass is 10.0. The van der Waals surface area contributed by atoms with Crippen molar-refractivity contribution in [3.05, 3.63) is 105 Å². The van der Waals surface area contributed by atoms with Gasteiger partial charge in [-0.25, -0.2) is 4.79 Å². The number of alkyl halides is 6. The van der Waals surface area contributed by atoms with Crippen molar-refractivity contribution >= 4 is 35.0 Å². The molecule has 0 saturated carbocycles. The number of amides is 2. The molecule has 0 atom stereocenters. The first-order chi connectivity index (χ1) is 18.7. The van der Waals surface area contributed by atoms with Crippen molar-refractivity contribution in [2.24, 2.45) is 0 Å². The topological polar surface area (TPSA) is 83.9 Å². The van der Waals surface area contributed by atoms with E-state index in [-0.39, 0.29) is 28.7 Å². The summed E-state index contributed by atoms with van der Waals surface area (Å²) in [5.41, 5.74) is -3.02. The van der Waals surface area contributed by atoms with E-state index in [0.29, 0.717) is 34.4 Å². The third-order valence-electron chi connectivity index (χ3n) is 5.61. The van der Waals surface area contributed by atoms with Gasteiger partial charge in [0.1, 0.15) is 17.9 Å². The van der Waals surface area contributed by atoms with Crippen LogP contribution in [0.25, 0.3) is 6.08 Å². The molecule has 6 nitrogen and oxygen atoms in total. The minimum absolute atomic E-state index is 0.0511. The monoisotopic (exact) mass is 581 g/mol. The molecule has 0 radical (unpaired) electrons. The largest absolute Gasteiger partial charge is 0.507 e. The summed E-state index contributed by atoms with van der Waals surface area (Å²) in [7, 11) is 0. The van der Waals surface area contributed by atoms with Gasteiger partial charge < -0.3 is 9.84 Å². The van der Waals surface area contributed by atoms with Crippen LogP contribution < -0.4 is 0 Å². The number of aromatic hydroxyl groups is 1. The number of esters is 1. The number of rotatable bonds is 6. The molecule has 0 bridgehead atoms. The van der Waals surface area contributed by atoms with Gasteiger partial charge in [0.25, 0.3) is 11.1 Å². The van der Waals surface area contributed by atoms with E-state index in [9.17, 15) is 45.8 Å². The molecule has 1 saturated heterocycles. The lowest BCUT2D eigenvalue weighted by Gasteiger charge is -2.17. The molecule has 3 aromatic carbocycles. The number of phenolic OH excluding ortho intramolecular Hbond substituents is 1. The standard InChI is InChI=1S/C27H17F6NO5S/c28-26(29,30)18-8-17(9-19(12-18)27(31,32)33)13-34-23(36)22(40-25(34)38)11-16-6-7-21(35)20(10-16)24(37)39-14-15-4-2-1-3-5-15/h1-12,35H,13-14H2. The van der Waals surface area contributed by atoms with Crippen LogP contribution in [0.2, 0.25) is 0 Å². The Bertz CT molecular complexity index is 1470. The number of carbonyl (C=O) groups excluding carboxylic acids is 3. The molecule has 0 unspecified atom stereocenters. The van der Waals surface area contributed by atoms with E-state index in [4.69, 9.17) is 4.74 Å². The molecule has 1 aliphatic heterocycles. The second-order valence-electron chi connectivity index (χ2n) is 8.52.